The summed E-state index contributed by atoms with van der Waals surface area (Å²) in [4.78, 5) is 16.0. The summed E-state index contributed by atoms with van der Waals surface area (Å²) in [6.07, 6.45) is 3.50. The van der Waals surface area contributed by atoms with E-state index >= 15 is 0 Å². The van der Waals surface area contributed by atoms with Crippen molar-refractivity contribution >= 4 is 29.0 Å². The smallest absolute Gasteiger partial charge is 0.194 e. The molecule has 0 aliphatic rings. The molecule has 0 atom stereocenters. The van der Waals surface area contributed by atoms with E-state index in [9.17, 15) is 4.79 Å². The lowest BCUT2D eigenvalue weighted by Gasteiger charge is -2.16. The van der Waals surface area contributed by atoms with Gasteiger partial charge in [-0.25, -0.2) is 0 Å². The molecule has 1 heterocycles. The maximum Gasteiger partial charge on any atom is 0.194 e. The molecule has 0 fully saturated rings. The molecule has 0 saturated carbocycles. The van der Waals surface area contributed by atoms with E-state index in [0.29, 0.717) is 32.0 Å². The number of ether oxygens (including phenoxy) is 2. The third kappa shape index (κ3) is 20.3. The third-order valence-electron chi connectivity index (χ3n) is 4.53. The Balaban J connectivity index is 0.000000552. The first-order chi connectivity index (χ1) is 18.2. The predicted octanol–water partition coefficient (Wildman–Crippen LogP) is 9.75. The Morgan fingerprint density at radius 3 is 1.59 bits per heavy atom. The van der Waals surface area contributed by atoms with E-state index in [1.807, 2.05) is 51.1 Å². The minimum absolute atomic E-state index is 0.113. The fourth-order valence-electron chi connectivity index (χ4n) is 2.66. The molecule has 0 radical (unpaired) electrons. The molecular formula is C33H47Cl2NO3. The van der Waals surface area contributed by atoms with Crippen molar-refractivity contribution in [2.45, 2.75) is 62.3 Å². The van der Waals surface area contributed by atoms with E-state index in [1.165, 1.54) is 0 Å². The zero-order valence-electron chi connectivity index (χ0n) is 25.2. The number of aryl methyl sites for hydroxylation is 1. The molecule has 0 spiro atoms. The van der Waals surface area contributed by atoms with Gasteiger partial charge in [0.05, 0.1) is 18.2 Å². The van der Waals surface area contributed by atoms with E-state index in [0.717, 1.165) is 32.0 Å². The molecule has 0 aliphatic carbocycles. The van der Waals surface area contributed by atoms with Gasteiger partial charge in [-0.05, 0) is 61.9 Å². The first kappa shape index (κ1) is 36.8. The van der Waals surface area contributed by atoms with Crippen molar-refractivity contribution in [3.8, 4) is 0 Å². The topological polar surface area (TPSA) is 48.4 Å². The molecule has 2 aromatic carbocycles. The number of ketones is 1. The second-order valence-corrected chi connectivity index (χ2v) is 12.1. The zero-order chi connectivity index (χ0) is 29.9. The maximum atomic E-state index is 12.2. The van der Waals surface area contributed by atoms with Crippen LogP contribution in [0.15, 0.2) is 73.1 Å². The van der Waals surface area contributed by atoms with Gasteiger partial charge in [0.1, 0.15) is 0 Å². The number of pyridine rings is 1. The third-order valence-corrected chi connectivity index (χ3v) is 5.10. The number of rotatable bonds is 6. The Morgan fingerprint density at radius 2 is 1.26 bits per heavy atom. The average molecular weight is 577 g/mol. The quantitative estimate of drug-likeness (QED) is 0.274. The van der Waals surface area contributed by atoms with Crippen molar-refractivity contribution in [1.29, 1.82) is 0 Å². The molecule has 4 nitrogen and oxygen atoms in total. The number of halogens is 2. The van der Waals surface area contributed by atoms with Gasteiger partial charge in [-0.1, -0.05) is 101 Å². The highest BCUT2D eigenvalue weighted by Gasteiger charge is 2.13. The zero-order valence-corrected chi connectivity index (χ0v) is 26.7. The van der Waals surface area contributed by atoms with Crippen LogP contribution in [0.25, 0.3) is 0 Å². The number of carbonyl (C=O) groups is 1. The van der Waals surface area contributed by atoms with Crippen molar-refractivity contribution in [3.63, 3.8) is 0 Å². The molecule has 0 amide bonds. The summed E-state index contributed by atoms with van der Waals surface area (Å²) < 4.78 is 10.4. The van der Waals surface area contributed by atoms with Crippen molar-refractivity contribution in [2.24, 2.45) is 10.8 Å². The summed E-state index contributed by atoms with van der Waals surface area (Å²) in [7, 11) is 0. The van der Waals surface area contributed by atoms with Gasteiger partial charge in [0, 0.05) is 41.8 Å². The first-order valence-electron chi connectivity index (χ1n) is 13.3. The van der Waals surface area contributed by atoms with Crippen LogP contribution < -0.4 is 0 Å². The molecule has 0 unspecified atom stereocenters. The molecule has 216 valence electrons. The Bertz CT molecular complexity index is 997. The molecule has 39 heavy (non-hydrogen) atoms. The van der Waals surface area contributed by atoms with Crippen molar-refractivity contribution < 1.29 is 14.3 Å². The van der Waals surface area contributed by atoms with Gasteiger partial charge in [-0.3, -0.25) is 9.78 Å². The van der Waals surface area contributed by atoms with Gasteiger partial charge in [0.2, 0.25) is 0 Å². The highest BCUT2D eigenvalue weighted by atomic mass is 35.5. The Kier molecular flexibility index (Phi) is 18.6. The van der Waals surface area contributed by atoms with E-state index in [-0.39, 0.29) is 5.78 Å². The minimum atomic E-state index is -0.113. The molecular weight excluding hydrogens is 529 g/mol. The molecule has 6 heteroatoms. The van der Waals surface area contributed by atoms with Crippen molar-refractivity contribution in [3.05, 3.63) is 99.8 Å². The standard InChI is InChI=1S/C14H10Cl2O.2C7H16O.C5H5N/c1-9-2-4-10(5-3-9)14(17)12-8-11(15)6-7-13(12)16;2*1-5-8-6-7(2,3)4;1-2-4-6-5-3-1/h2-8H,1H3;2*5-6H2,1-4H3;1-5H. The lowest BCUT2D eigenvalue weighted by molar-refractivity contribution is 0.0805. The van der Waals surface area contributed by atoms with Gasteiger partial charge < -0.3 is 9.47 Å². The van der Waals surface area contributed by atoms with Gasteiger partial charge in [0.15, 0.2) is 5.78 Å². The second-order valence-electron chi connectivity index (χ2n) is 11.2. The second kappa shape index (κ2) is 19.8. The monoisotopic (exact) mass is 575 g/mol. The fraction of sp³-hybridized carbons (Fsp3) is 0.455. The SMILES string of the molecule is CCOCC(C)(C)C.CCOCC(C)(C)C.Cc1ccc(C(=O)c2cc(Cl)ccc2Cl)cc1.c1ccncc1. The predicted molar refractivity (Wildman–Crippen MR) is 167 cm³/mol. The molecule has 3 aromatic rings. The van der Waals surface area contributed by atoms with Crippen LogP contribution >= 0.6 is 23.2 Å². The van der Waals surface area contributed by atoms with Gasteiger partial charge in [0.25, 0.3) is 0 Å². The van der Waals surface area contributed by atoms with Crippen LogP contribution in [0.2, 0.25) is 10.0 Å². The largest absolute Gasteiger partial charge is 0.381 e. The Hall–Kier alpha value is -2.24. The van der Waals surface area contributed by atoms with Crippen LogP contribution in [0.3, 0.4) is 0 Å². The molecule has 0 N–H and O–H groups in total. The van der Waals surface area contributed by atoms with Crippen LogP contribution in [-0.4, -0.2) is 37.2 Å². The summed E-state index contributed by atoms with van der Waals surface area (Å²) in [5.74, 6) is -0.113. The number of hydrogen-bond acceptors (Lipinski definition) is 4. The molecule has 3 rings (SSSR count). The highest BCUT2D eigenvalue weighted by Crippen LogP contribution is 2.23. The van der Waals surface area contributed by atoms with E-state index in [1.54, 1.807) is 42.7 Å². The summed E-state index contributed by atoms with van der Waals surface area (Å²) in [5, 5.41) is 0.921. The number of nitrogens with zero attached hydrogens (tertiary/aromatic N) is 1. The number of benzene rings is 2. The summed E-state index contributed by atoms with van der Waals surface area (Å²) in [6.45, 7) is 22.4. The summed E-state index contributed by atoms with van der Waals surface area (Å²) in [5.41, 5.74) is 2.81. The molecule has 0 saturated heterocycles. The minimum Gasteiger partial charge on any atom is -0.381 e. The molecule has 1 aromatic heterocycles. The first-order valence-corrected chi connectivity index (χ1v) is 14.0. The summed E-state index contributed by atoms with van der Waals surface area (Å²) in [6, 6.07) is 18.0. The highest BCUT2D eigenvalue weighted by molar-refractivity contribution is 6.36. The normalized spacial score (nSPS) is 10.6. The molecule has 0 bridgehead atoms. The fourth-order valence-corrected chi connectivity index (χ4v) is 3.04. The van der Waals surface area contributed by atoms with Gasteiger partial charge in [-0.2, -0.15) is 0 Å². The van der Waals surface area contributed by atoms with Crippen molar-refractivity contribution in [2.75, 3.05) is 26.4 Å². The number of hydrogen-bond donors (Lipinski definition) is 0. The Morgan fingerprint density at radius 1 is 0.769 bits per heavy atom. The molecule has 0 aliphatic heterocycles. The van der Waals surface area contributed by atoms with Crippen LogP contribution in [0.1, 0.15) is 76.9 Å². The van der Waals surface area contributed by atoms with Gasteiger partial charge in [-0.15, -0.1) is 0 Å². The van der Waals surface area contributed by atoms with Crippen LogP contribution in [0.4, 0.5) is 0 Å². The van der Waals surface area contributed by atoms with Crippen LogP contribution in [0.5, 0.6) is 0 Å². The lowest BCUT2D eigenvalue weighted by atomic mass is 9.99. The summed E-state index contributed by atoms with van der Waals surface area (Å²) >= 11 is 11.9. The maximum absolute atomic E-state index is 12.2. The Labute approximate surface area is 247 Å². The van der Waals surface area contributed by atoms with Gasteiger partial charge >= 0.3 is 0 Å². The van der Waals surface area contributed by atoms with E-state index in [2.05, 4.69) is 46.5 Å². The van der Waals surface area contributed by atoms with Crippen LogP contribution in [0, 0.1) is 17.8 Å². The number of carbonyl (C=O) groups excluding carboxylic acids is 1. The lowest BCUT2D eigenvalue weighted by Crippen LogP contribution is -2.14. The van der Waals surface area contributed by atoms with E-state index in [4.69, 9.17) is 32.7 Å². The number of aromatic nitrogens is 1. The van der Waals surface area contributed by atoms with Crippen LogP contribution in [-0.2, 0) is 9.47 Å². The van der Waals surface area contributed by atoms with E-state index < -0.39 is 0 Å². The van der Waals surface area contributed by atoms with Crippen molar-refractivity contribution in [1.82, 2.24) is 4.98 Å². The average Bonchev–Trinajstić information content (AvgIpc) is 2.89.